The molecule has 0 spiro atoms. The first kappa shape index (κ1) is 24.5. The molecule has 0 N–H and O–H groups in total. The number of ether oxygens (including phenoxy) is 2. The number of esters is 1. The Morgan fingerprint density at radius 3 is 2.57 bits per heavy atom. The zero-order valence-corrected chi connectivity index (χ0v) is 21.5. The zero-order valence-electron chi connectivity index (χ0n) is 20.7. The fraction of sp³-hybridized carbons (Fsp3) is 0.214. The van der Waals surface area contributed by atoms with Crippen molar-refractivity contribution in [2.24, 2.45) is 4.99 Å². The summed E-state index contributed by atoms with van der Waals surface area (Å²) in [5, 5.41) is 0. The fourth-order valence-electron chi connectivity index (χ4n) is 4.75. The number of carbonyl (C=O) groups is 2. The Hall–Kier alpha value is -4.24. The summed E-state index contributed by atoms with van der Waals surface area (Å²) in [7, 11) is 1.57. The molecule has 0 bridgehead atoms. The molecule has 0 aliphatic carbocycles. The molecule has 2 aromatic carbocycles. The Balaban J connectivity index is 1.80. The number of thiazole rings is 1. The number of hydrogen-bond donors (Lipinski definition) is 0. The van der Waals surface area contributed by atoms with Gasteiger partial charge >= 0.3 is 5.97 Å². The van der Waals surface area contributed by atoms with Crippen molar-refractivity contribution in [3.05, 3.63) is 103 Å². The molecule has 0 saturated carbocycles. The minimum Gasteiger partial charge on any atom is -0.497 e. The molecular weight excluding hydrogens is 490 g/mol. The predicted molar refractivity (Wildman–Crippen MR) is 141 cm³/mol. The largest absolute Gasteiger partial charge is 0.497 e. The number of carbonyl (C=O) groups excluding carboxylic acids is 2. The van der Waals surface area contributed by atoms with Crippen LogP contribution in [0.1, 0.15) is 31.0 Å². The molecule has 2 aliphatic rings. The average molecular weight is 516 g/mol. The van der Waals surface area contributed by atoms with Crippen LogP contribution in [-0.4, -0.2) is 36.7 Å². The van der Waals surface area contributed by atoms with Gasteiger partial charge in [0.2, 0.25) is 0 Å². The van der Waals surface area contributed by atoms with E-state index < -0.39 is 17.6 Å². The van der Waals surface area contributed by atoms with Crippen LogP contribution in [0, 0.1) is 0 Å². The van der Waals surface area contributed by atoms with Crippen molar-refractivity contribution in [1.29, 1.82) is 0 Å². The van der Waals surface area contributed by atoms with Crippen LogP contribution in [0.2, 0.25) is 0 Å². The van der Waals surface area contributed by atoms with Crippen molar-refractivity contribution >= 4 is 34.5 Å². The Kier molecular flexibility index (Phi) is 6.39. The highest BCUT2D eigenvalue weighted by Gasteiger charge is 2.37. The van der Waals surface area contributed by atoms with E-state index in [4.69, 9.17) is 9.47 Å². The van der Waals surface area contributed by atoms with E-state index in [-0.39, 0.29) is 22.6 Å². The standard InChI is InChI=1S/C28H25N3O5S/c1-5-15-30-20-10-8-7-9-19(20)22(25(30)32)24-26(33)31-23(17-11-13-18(35-4)14-12-17)21(27(34)36-6-2)16(3)29-28(31)37-24/h5,7-14,23H,1,6,15H2,2-4H3/b24-22-/t23-/m0/s1. The van der Waals surface area contributed by atoms with Crippen LogP contribution in [0.25, 0.3) is 5.57 Å². The summed E-state index contributed by atoms with van der Waals surface area (Å²) in [5.41, 5.74) is 2.78. The number of allylic oxidation sites excluding steroid dienone is 1. The van der Waals surface area contributed by atoms with E-state index in [1.54, 1.807) is 44.1 Å². The van der Waals surface area contributed by atoms with Crippen LogP contribution in [0.3, 0.4) is 0 Å². The third-order valence-electron chi connectivity index (χ3n) is 6.39. The molecule has 1 aromatic heterocycles. The molecule has 0 radical (unpaired) electrons. The first-order valence-electron chi connectivity index (χ1n) is 11.8. The van der Waals surface area contributed by atoms with Crippen LogP contribution in [0.4, 0.5) is 5.69 Å². The number of nitrogens with zero attached hydrogens (tertiary/aromatic N) is 3. The van der Waals surface area contributed by atoms with E-state index in [9.17, 15) is 14.4 Å². The minimum atomic E-state index is -0.772. The van der Waals surface area contributed by atoms with Gasteiger partial charge in [-0.3, -0.25) is 14.2 Å². The lowest BCUT2D eigenvalue weighted by Crippen LogP contribution is -2.41. The lowest BCUT2D eigenvalue weighted by atomic mass is 9.96. The molecule has 0 saturated heterocycles. The van der Waals surface area contributed by atoms with Crippen molar-refractivity contribution < 1.29 is 19.1 Å². The van der Waals surface area contributed by atoms with Gasteiger partial charge < -0.3 is 14.4 Å². The average Bonchev–Trinajstić information content (AvgIpc) is 3.36. The van der Waals surface area contributed by atoms with Crippen molar-refractivity contribution in [1.82, 2.24) is 4.57 Å². The molecule has 8 nitrogen and oxygen atoms in total. The number of amides is 1. The molecule has 37 heavy (non-hydrogen) atoms. The van der Waals surface area contributed by atoms with E-state index in [1.165, 1.54) is 4.57 Å². The van der Waals surface area contributed by atoms with Gasteiger partial charge in [-0.15, -0.1) is 6.58 Å². The maximum absolute atomic E-state index is 14.1. The predicted octanol–water partition coefficient (Wildman–Crippen LogP) is 2.71. The number of methoxy groups -OCH3 is 1. The summed E-state index contributed by atoms with van der Waals surface area (Å²) in [6.45, 7) is 7.72. The second kappa shape index (κ2) is 9.67. The lowest BCUT2D eigenvalue weighted by molar-refractivity contribution is -0.139. The minimum absolute atomic E-state index is 0.184. The Morgan fingerprint density at radius 2 is 1.89 bits per heavy atom. The Bertz CT molecular complexity index is 1650. The van der Waals surface area contributed by atoms with Gasteiger partial charge in [0.15, 0.2) is 4.80 Å². The number of rotatable bonds is 6. The highest BCUT2D eigenvalue weighted by Crippen LogP contribution is 2.35. The molecule has 9 heteroatoms. The maximum atomic E-state index is 14.1. The number of anilines is 1. The zero-order chi connectivity index (χ0) is 26.3. The molecule has 0 unspecified atom stereocenters. The summed E-state index contributed by atoms with van der Waals surface area (Å²) >= 11 is 1.15. The molecule has 1 amide bonds. The fourth-order valence-corrected chi connectivity index (χ4v) is 5.89. The van der Waals surface area contributed by atoms with Gasteiger partial charge in [0.25, 0.3) is 11.5 Å². The van der Waals surface area contributed by atoms with Gasteiger partial charge in [-0.2, -0.15) is 0 Å². The van der Waals surface area contributed by atoms with Crippen LogP contribution in [-0.2, 0) is 14.3 Å². The van der Waals surface area contributed by atoms with Gasteiger partial charge in [-0.1, -0.05) is 47.7 Å². The van der Waals surface area contributed by atoms with E-state index >= 15 is 0 Å². The number of aromatic nitrogens is 1. The molecular formula is C28H25N3O5S. The molecule has 0 fully saturated rings. The first-order valence-corrected chi connectivity index (χ1v) is 12.6. The third kappa shape index (κ3) is 3.92. The smallest absolute Gasteiger partial charge is 0.338 e. The molecule has 5 rings (SSSR count). The van der Waals surface area contributed by atoms with Gasteiger partial charge in [0, 0.05) is 12.1 Å². The van der Waals surface area contributed by atoms with Crippen molar-refractivity contribution in [2.45, 2.75) is 19.9 Å². The summed E-state index contributed by atoms with van der Waals surface area (Å²) in [4.78, 5) is 47.3. The van der Waals surface area contributed by atoms with Gasteiger partial charge in [0.1, 0.15) is 10.3 Å². The summed E-state index contributed by atoms with van der Waals surface area (Å²) in [6.07, 6.45) is 1.65. The normalized spacial score (nSPS) is 17.8. The summed E-state index contributed by atoms with van der Waals surface area (Å²) < 4.78 is 12.4. The third-order valence-corrected chi connectivity index (χ3v) is 7.44. The van der Waals surface area contributed by atoms with Crippen molar-refractivity contribution in [2.75, 3.05) is 25.2 Å². The van der Waals surface area contributed by atoms with E-state index in [0.717, 1.165) is 17.0 Å². The van der Waals surface area contributed by atoms with Crippen molar-refractivity contribution in [3.63, 3.8) is 0 Å². The van der Waals surface area contributed by atoms with E-state index in [0.29, 0.717) is 39.5 Å². The van der Waals surface area contributed by atoms with E-state index in [1.807, 2.05) is 36.4 Å². The highest BCUT2D eigenvalue weighted by molar-refractivity contribution is 7.07. The Labute approximate surface area is 217 Å². The second-order valence-electron chi connectivity index (χ2n) is 8.49. The monoisotopic (exact) mass is 515 g/mol. The molecule has 1 atom stereocenters. The second-order valence-corrected chi connectivity index (χ2v) is 9.47. The number of para-hydroxylation sites is 1. The first-order chi connectivity index (χ1) is 17.9. The van der Waals surface area contributed by atoms with Gasteiger partial charge in [-0.25, -0.2) is 9.79 Å². The topological polar surface area (TPSA) is 90.2 Å². The van der Waals surface area contributed by atoms with Gasteiger partial charge in [0.05, 0.1) is 42.3 Å². The number of fused-ring (bicyclic) bond motifs is 2. The molecule has 188 valence electrons. The SMILES string of the molecule is C=CCN1C(=O)/C(=c2\sc3n(c2=O)[C@@H](c2ccc(OC)cc2)C(C(=O)OCC)=C(C)N=3)c2ccccc21. The molecule has 3 heterocycles. The maximum Gasteiger partial charge on any atom is 0.338 e. The van der Waals surface area contributed by atoms with Crippen molar-refractivity contribution in [3.8, 4) is 5.75 Å². The van der Waals surface area contributed by atoms with Gasteiger partial charge in [-0.05, 0) is 37.6 Å². The number of hydrogen-bond acceptors (Lipinski definition) is 7. The molecule has 3 aromatic rings. The van der Waals surface area contributed by atoms with Crippen LogP contribution < -0.4 is 24.5 Å². The molecule has 2 aliphatic heterocycles. The lowest BCUT2D eigenvalue weighted by Gasteiger charge is -2.24. The van der Waals surface area contributed by atoms with Crippen LogP contribution in [0.15, 0.2) is 82.2 Å². The van der Waals surface area contributed by atoms with Crippen LogP contribution in [0.5, 0.6) is 5.75 Å². The number of benzene rings is 2. The summed E-state index contributed by atoms with van der Waals surface area (Å²) in [6, 6.07) is 13.8. The van der Waals surface area contributed by atoms with Crippen LogP contribution >= 0.6 is 11.3 Å². The highest BCUT2D eigenvalue weighted by atomic mass is 32.1. The van der Waals surface area contributed by atoms with E-state index in [2.05, 4.69) is 11.6 Å². The quantitative estimate of drug-likeness (QED) is 0.372. The Morgan fingerprint density at radius 1 is 1.16 bits per heavy atom. The summed E-state index contributed by atoms with van der Waals surface area (Å²) in [5.74, 6) is -0.164.